The van der Waals surface area contributed by atoms with E-state index in [0.29, 0.717) is 0 Å². The molecule has 2 N–H and O–H groups in total. The molecule has 0 aliphatic heterocycles. The molecule has 0 aliphatic carbocycles. The number of rotatable bonds is 2. The van der Waals surface area contributed by atoms with E-state index >= 15 is 0 Å². The van der Waals surface area contributed by atoms with Crippen molar-refractivity contribution in [3.05, 3.63) is 67.6 Å². The Hall–Kier alpha value is -1.46. The zero-order chi connectivity index (χ0) is 16.9. The molecule has 0 bridgehead atoms. The van der Waals surface area contributed by atoms with Gasteiger partial charge in [-0.05, 0) is 24.3 Å². The Morgan fingerprint density at radius 2 is 1.00 bits per heavy atom. The first-order chi connectivity index (χ1) is 10.3. The number of benzene rings is 2. The number of hydrogen-bond acceptors (Lipinski definition) is 2. The van der Waals surface area contributed by atoms with E-state index in [2.05, 4.69) is 0 Å². The quantitative estimate of drug-likeness (QED) is 0.731. The molecule has 116 valence electrons. The molecule has 2 aromatic carbocycles. The fraction of sp³-hybridized carbons (Fsp3) is 0. The minimum atomic E-state index is -1.07. The molecule has 0 fully saturated rings. The van der Waals surface area contributed by atoms with Crippen molar-refractivity contribution in [2.75, 3.05) is 0 Å². The molecule has 2 aromatic rings. The van der Waals surface area contributed by atoms with Crippen molar-refractivity contribution in [2.45, 2.75) is 0 Å². The normalized spacial score (nSPS) is 9.64. The SMILES string of the molecule is O=C(O)c1cccc(Cl)c1Cl.O=C(O)c1cccc(Cl)c1Cl. The molecule has 0 saturated carbocycles. The van der Waals surface area contributed by atoms with Crippen molar-refractivity contribution in [2.24, 2.45) is 0 Å². The van der Waals surface area contributed by atoms with Crippen molar-refractivity contribution in [3.63, 3.8) is 0 Å². The van der Waals surface area contributed by atoms with E-state index in [1.807, 2.05) is 0 Å². The van der Waals surface area contributed by atoms with Gasteiger partial charge in [0.05, 0.1) is 31.2 Å². The molecule has 0 atom stereocenters. The summed E-state index contributed by atoms with van der Waals surface area (Å²) in [5.41, 5.74) is 0.0540. The minimum Gasteiger partial charge on any atom is -0.478 e. The molecule has 22 heavy (non-hydrogen) atoms. The zero-order valence-electron chi connectivity index (χ0n) is 10.7. The van der Waals surface area contributed by atoms with Gasteiger partial charge in [-0.15, -0.1) is 0 Å². The molecule has 0 aliphatic rings. The van der Waals surface area contributed by atoms with Gasteiger partial charge < -0.3 is 10.2 Å². The summed E-state index contributed by atoms with van der Waals surface area (Å²) < 4.78 is 0. The van der Waals surface area contributed by atoms with Crippen molar-refractivity contribution >= 4 is 58.3 Å². The summed E-state index contributed by atoms with van der Waals surface area (Å²) in [6.07, 6.45) is 0. The van der Waals surface area contributed by atoms with E-state index < -0.39 is 11.9 Å². The number of carbonyl (C=O) groups is 2. The maximum absolute atomic E-state index is 10.4. The van der Waals surface area contributed by atoms with Gasteiger partial charge in [-0.2, -0.15) is 0 Å². The van der Waals surface area contributed by atoms with Crippen LogP contribution < -0.4 is 0 Å². The smallest absolute Gasteiger partial charge is 0.337 e. The number of carboxylic acid groups (broad SMARTS) is 2. The summed E-state index contributed by atoms with van der Waals surface area (Å²) in [4.78, 5) is 20.9. The monoisotopic (exact) mass is 380 g/mol. The standard InChI is InChI=1S/2C7H4Cl2O2/c2*8-5-3-1-2-4(6(5)9)7(10)11/h2*1-3H,(H,10,11). The highest BCUT2D eigenvalue weighted by molar-refractivity contribution is 6.44. The summed E-state index contributed by atoms with van der Waals surface area (Å²) in [6.45, 7) is 0. The third kappa shape index (κ3) is 4.78. The molecule has 0 amide bonds. The van der Waals surface area contributed by atoms with E-state index in [9.17, 15) is 9.59 Å². The van der Waals surface area contributed by atoms with Crippen molar-refractivity contribution in [1.29, 1.82) is 0 Å². The lowest BCUT2D eigenvalue weighted by Gasteiger charge is -1.98. The molecule has 0 unspecified atom stereocenters. The van der Waals surface area contributed by atoms with Gasteiger partial charge >= 0.3 is 11.9 Å². The summed E-state index contributed by atoms with van der Waals surface area (Å²) in [7, 11) is 0. The molecular weight excluding hydrogens is 374 g/mol. The minimum absolute atomic E-state index is 0.0270. The summed E-state index contributed by atoms with van der Waals surface area (Å²) in [6, 6.07) is 8.95. The van der Waals surface area contributed by atoms with Crippen molar-refractivity contribution < 1.29 is 19.8 Å². The second-order valence-electron chi connectivity index (χ2n) is 3.81. The molecule has 0 saturated heterocycles. The molecule has 0 spiro atoms. The van der Waals surface area contributed by atoms with Gasteiger partial charge in [0.15, 0.2) is 0 Å². The van der Waals surface area contributed by atoms with Crippen LogP contribution in [0.1, 0.15) is 20.7 Å². The Bertz CT molecular complexity index is 654. The fourth-order valence-corrected chi connectivity index (χ4v) is 2.10. The first-order valence-electron chi connectivity index (χ1n) is 5.60. The predicted molar refractivity (Wildman–Crippen MR) is 86.8 cm³/mol. The van der Waals surface area contributed by atoms with Crippen LogP contribution in [0.5, 0.6) is 0 Å². The molecule has 0 radical (unpaired) electrons. The number of halogens is 4. The Morgan fingerprint density at radius 1 is 0.682 bits per heavy atom. The Morgan fingerprint density at radius 3 is 1.23 bits per heavy atom. The van der Waals surface area contributed by atoms with Gasteiger partial charge in [0.2, 0.25) is 0 Å². The highest BCUT2D eigenvalue weighted by atomic mass is 35.5. The van der Waals surface area contributed by atoms with Gasteiger partial charge in [-0.1, -0.05) is 58.5 Å². The van der Waals surface area contributed by atoms with E-state index in [1.165, 1.54) is 36.4 Å². The third-order valence-corrected chi connectivity index (χ3v) is 4.00. The van der Waals surface area contributed by atoms with Crippen LogP contribution in [0.4, 0.5) is 0 Å². The lowest BCUT2D eigenvalue weighted by Crippen LogP contribution is -1.96. The molecule has 8 heteroatoms. The first kappa shape index (κ1) is 18.6. The zero-order valence-corrected chi connectivity index (χ0v) is 13.7. The average Bonchev–Trinajstić information content (AvgIpc) is 2.45. The first-order valence-corrected chi connectivity index (χ1v) is 7.11. The molecular formula is C14H8Cl4O4. The summed E-state index contributed by atoms with van der Waals surface area (Å²) in [5.74, 6) is -2.14. The second-order valence-corrected chi connectivity index (χ2v) is 5.38. The summed E-state index contributed by atoms with van der Waals surface area (Å²) >= 11 is 22.3. The van der Waals surface area contributed by atoms with Gasteiger partial charge in [-0.25, -0.2) is 9.59 Å². The Kier molecular flexibility index (Phi) is 6.97. The van der Waals surface area contributed by atoms with Gasteiger partial charge in [0, 0.05) is 0 Å². The highest BCUT2D eigenvalue weighted by Gasteiger charge is 2.10. The van der Waals surface area contributed by atoms with Crippen molar-refractivity contribution in [1.82, 2.24) is 0 Å². The molecule has 2 rings (SSSR count). The maximum Gasteiger partial charge on any atom is 0.337 e. The van der Waals surface area contributed by atoms with Crippen LogP contribution in [0.15, 0.2) is 36.4 Å². The molecule has 0 heterocycles. The van der Waals surface area contributed by atoms with Gasteiger partial charge in [0.1, 0.15) is 0 Å². The molecule has 4 nitrogen and oxygen atoms in total. The lowest BCUT2D eigenvalue weighted by atomic mass is 10.2. The number of hydrogen-bond donors (Lipinski definition) is 2. The Labute approximate surface area is 145 Å². The van der Waals surface area contributed by atoms with Gasteiger partial charge in [0.25, 0.3) is 0 Å². The van der Waals surface area contributed by atoms with Crippen LogP contribution >= 0.6 is 46.4 Å². The number of carboxylic acids is 2. The van der Waals surface area contributed by atoms with Crippen LogP contribution in [0.25, 0.3) is 0 Å². The van der Waals surface area contributed by atoms with E-state index in [4.69, 9.17) is 56.6 Å². The van der Waals surface area contributed by atoms with Crippen LogP contribution in [-0.2, 0) is 0 Å². The van der Waals surface area contributed by atoms with Crippen molar-refractivity contribution in [3.8, 4) is 0 Å². The van der Waals surface area contributed by atoms with Gasteiger partial charge in [-0.3, -0.25) is 0 Å². The third-order valence-electron chi connectivity index (χ3n) is 2.36. The topological polar surface area (TPSA) is 74.6 Å². The average molecular weight is 382 g/mol. The maximum atomic E-state index is 10.4. The predicted octanol–water partition coefficient (Wildman–Crippen LogP) is 5.38. The van der Waals surface area contributed by atoms with E-state index in [-0.39, 0.29) is 31.2 Å². The van der Waals surface area contributed by atoms with E-state index in [1.54, 1.807) is 0 Å². The summed E-state index contributed by atoms with van der Waals surface area (Å²) in [5, 5.41) is 17.8. The van der Waals surface area contributed by atoms with Crippen LogP contribution in [0, 0.1) is 0 Å². The van der Waals surface area contributed by atoms with Crippen LogP contribution in [-0.4, -0.2) is 22.2 Å². The van der Waals surface area contributed by atoms with E-state index in [0.717, 1.165) is 0 Å². The Balaban J connectivity index is 0.000000220. The molecule has 0 aromatic heterocycles. The largest absolute Gasteiger partial charge is 0.478 e. The van der Waals surface area contributed by atoms with Crippen LogP contribution in [0.2, 0.25) is 20.1 Å². The fourth-order valence-electron chi connectivity index (χ4n) is 1.34. The highest BCUT2D eigenvalue weighted by Crippen LogP contribution is 2.25. The number of aromatic carboxylic acids is 2. The second kappa shape index (κ2) is 8.25. The lowest BCUT2D eigenvalue weighted by molar-refractivity contribution is 0.0686. The van der Waals surface area contributed by atoms with Crippen LogP contribution in [0.3, 0.4) is 0 Å².